The second kappa shape index (κ2) is 8.68. The Balaban J connectivity index is 1.71. The molecule has 0 fully saturated rings. The van der Waals surface area contributed by atoms with E-state index in [1.807, 2.05) is 36.5 Å². The van der Waals surface area contributed by atoms with Crippen LogP contribution in [0.5, 0.6) is 5.75 Å². The predicted octanol–water partition coefficient (Wildman–Crippen LogP) is 7.64. The Morgan fingerprint density at radius 1 is 0.719 bits per heavy atom. The van der Waals surface area contributed by atoms with Crippen molar-refractivity contribution >= 4 is 17.7 Å². The van der Waals surface area contributed by atoms with Gasteiger partial charge >= 0.3 is 0 Å². The van der Waals surface area contributed by atoms with Crippen LogP contribution in [0.4, 0.5) is 5.69 Å². The largest absolute Gasteiger partial charge is 0.456 e. The van der Waals surface area contributed by atoms with E-state index < -0.39 is 0 Å². The lowest BCUT2D eigenvalue weighted by molar-refractivity contribution is 0.489. The number of allylic oxidation sites excluding steroid dienone is 1. The number of aliphatic imine (C=N–C) groups is 1. The van der Waals surface area contributed by atoms with Crippen molar-refractivity contribution in [1.82, 2.24) is 0 Å². The number of hydrogen-bond donors (Lipinski definition) is 0. The van der Waals surface area contributed by atoms with Gasteiger partial charge in [-0.1, -0.05) is 84.9 Å². The Kier molecular flexibility index (Phi) is 5.43. The normalized spacial score (nSPS) is 15.5. The molecule has 4 aromatic rings. The first-order chi connectivity index (χ1) is 15.7. The van der Waals surface area contributed by atoms with Crippen molar-refractivity contribution in [3.05, 3.63) is 137 Å². The molecule has 1 aliphatic heterocycles. The molecule has 0 N–H and O–H groups in total. The highest BCUT2D eigenvalue weighted by Crippen LogP contribution is 2.45. The smallest absolute Gasteiger partial charge is 0.140 e. The van der Waals surface area contributed by atoms with Crippen LogP contribution in [0.25, 0.3) is 5.76 Å². The monoisotopic (exact) mass is 415 g/mol. The summed E-state index contributed by atoms with van der Waals surface area (Å²) >= 11 is 0. The van der Waals surface area contributed by atoms with E-state index in [4.69, 9.17) is 9.73 Å². The lowest BCUT2D eigenvalue weighted by Crippen LogP contribution is -2.17. The Hall–Kier alpha value is -3.91. The van der Waals surface area contributed by atoms with Crippen molar-refractivity contribution in [2.45, 2.75) is 19.8 Å². The van der Waals surface area contributed by atoms with E-state index in [0.29, 0.717) is 0 Å². The Bertz CT molecular complexity index is 1300. The molecule has 0 radical (unpaired) electrons. The number of rotatable bonds is 4. The number of hydrogen-bond acceptors (Lipinski definition) is 2. The van der Waals surface area contributed by atoms with Crippen molar-refractivity contribution in [3.63, 3.8) is 0 Å². The molecular formula is C30H25NO. The van der Waals surface area contributed by atoms with E-state index in [1.54, 1.807) is 0 Å². The van der Waals surface area contributed by atoms with Crippen LogP contribution in [0.1, 0.15) is 33.7 Å². The summed E-state index contributed by atoms with van der Waals surface area (Å²) < 4.78 is 6.50. The fourth-order valence-corrected chi connectivity index (χ4v) is 4.18. The highest BCUT2D eigenvalue weighted by Gasteiger charge is 2.30. The molecule has 0 saturated heterocycles. The molecule has 156 valence electrons. The standard InChI is InChI=1S/C30H25NO/c1-21-17-18-25(19-22(21)2)31-20-27-29(23-11-5-3-6-12-23)26-15-9-10-16-28(26)32-30(27)24-13-7-4-8-14-24/h3-20,29H,1-2H3/t29-/m1/s1. The second-order valence-corrected chi connectivity index (χ2v) is 8.16. The van der Waals surface area contributed by atoms with E-state index in [1.165, 1.54) is 16.7 Å². The molecule has 0 aliphatic carbocycles. The Morgan fingerprint density at radius 2 is 1.41 bits per heavy atom. The van der Waals surface area contributed by atoms with Gasteiger partial charge in [-0.2, -0.15) is 0 Å². The van der Waals surface area contributed by atoms with Crippen LogP contribution in [0.2, 0.25) is 0 Å². The van der Waals surface area contributed by atoms with Gasteiger partial charge in [0.2, 0.25) is 0 Å². The summed E-state index contributed by atoms with van der Waals surface area (Å²) in [7, 11) is 0. The molecule has 0 amide bonds. The zero-order valence-corrected chi connectivity index (χ0v) is 18.3. The number of nitrogens with zero attached hydrogens (tertiary/aromatic N) is 1. The van der Waals surface area contributed by atoms with Gasteiger partial charge in [0.25, 0.3) is 0 Å². The van der Waals surface area contributed by atoms with Gasteiger partial charge in [0.15, 0.2) is 0 Å². The molecule has 1 aliphatic rings. The zero-order valence-electron chi connectivity index (χ0n) is 18.3. The van der Waals surface area contributed by atoms with Crippen LogP contribution in [-0.2, 0) is 0 Å². The van der Waals surface area contributed by atoms with Crippen molar-refractivity contribution in [2.24, 2.45) is 4.99 Å². The fraction of sp³-hybridized carbons (Fsp3) is 0.100. The zero-order chi connectivity index (χ0) is 21.9. The molecule has 0 unspecified atom stereocenters. The van der Waals surface area contributed by atoms with Gasteiger partial charge in [-0.05, 0) is 48.7 Å². The number of benzene rings is 4. The Morgan fingerprint density at radius 3 is 2.16 bits per heavy atom. The van der Waals surface area contributed by atoms with Crippen molar-refractivity contribution in [1.29, 1.82) is 0 Å². The number of ether oxygens (including phenoxy) is 1. The van der Waals surface area contributed by atoms with Crippen molar-refractivity contribution < 1.29 is 4.74 Å². The predicted molar refractivity (Wildman–Crippen MR) is 133 cm³/mol. The molecule has 2 nitrogen and oxygen atoms in total. The maximum absolute atomic E-state index is 6.50. The van der Waals surface area contributed by atoms with Crippen molar-refractivity contribution in [2.75, 3.05) is 0 Å². The first-order valence-electron chi connectivity index (χ1n) is 10.9. The number of para-hydroxylation sites is 1. The van der Waals surface area contributed by atoms with Gasteiger partial charge < -0.3 is 4.74 Å². The lowest BCUT2D eigenvalue weighted by Gasteiger charge is -2.30. The minimum absolute atomic E-state index is 0.0339. The average molecular weight is 416 g/mol. The highest BCUT2D eigenvalue weighted by atomic mass is 16.5. The summed E-state index contributed by atoms with van der Waals surface area (Å²) in [5.74, 6) is 1.78. The van der Waals surface area contributed by atoms with E-state index in [2.05, 4.69) is 86.6 Å². The van der Waals surface area contributed by atoms with Crippen LogP contribution in [0, 0.1) is 13.8 Å². The molecule has 0 spiro atoms. The summed E-state index contributed by atoms with van der Waals surface area (Å²) in [5, 5.41) is 0. The molecular weight excluding hydrogens is 390 g/mol. The van der Waals surface area contributed by atoms with Gasteiger partial charge in [0.1, 0.15) is 11.5 Å². The molecule has 1 heterocycles. The van der Waals surface area contributed by atoms with E-state index in [9.17, 15) is 0 Å². The van der Waals surface area contributed by atoms with Crippen LogP contribution in [0.15, 0.2) is 114 Å². The number of aryl methyl sites for hydroxylation is 2. The molecule has 1 atom stereocenters. The van der Waals surface area contributed by atoms with E-state index in [0.717, 1.165) is 33.9 Å². The molecule has 32 heavy (non-hydrogen) atoms. The Labute approximate surface area is 189 Å². The third-order valence-electron chi connectivity index (χ3n) is 6.03. The lowest BCUT2D eigenvalue weighted by atomic mass is 9.81. The molecule has 0 saturated carbocycles. The SMILES string of the molecule is Cc1ccc(N=CC2=C(c3ccccc3)Oc3ccccc3[C@H]2c2ccccc2)cc1C. The van der Waals surface area contributed by atoms with Gasteiger partial charge in [-0.25, -0.2) is 0 Å². The molecule has 4 aromatic carbocycles. The minimum atomic E-state index is 0.0339. The van der Waals surface area contributed by atoms with E-state index >= 15 is 0 Å². The summed E-state index contributed by atoms with van der Waals surface area (Å²) in [4.78, 5) is 4.89. The van der Waals surface area contributed by atoms with Crippen molar-refractivity contribution in [3.8, 4) is 5.75 Å². The van der Waals surface area contributed by atoms with Gasteiger partial charge in [0.05, 0.1) is 5.69 Å². The molecule has 0 bridgehead atoms. The molecule has 5 rings (SSSR count). The third-order valence-corrected chi connectivity index (χ3v) is 6.03. The highest BCUT2D eigenvalue weighted by molar-refractivity contribution is 5.95. The maximum atomic E-state index is 6.50. The summed E-state index contributed by atoms with van der Waals surface area (Å²) in [5.41, 5.74) is 7.92. The second-order valence-electron chi connectivity index (χ2n) is 8.16. The summed E-state index contributed by atoms with van der Waals surface area (Å²) in [6.07, 6.45) is 1.99. The van der Waals surface area contributed by atoms with E-state index in [-0.39, 0.29) is 5.92 Å². The average Bonchev–Trinajstić information content (AvgIpc) is 2.85. The number of fused-ring (bicyclic) bond motifs is 1. The first kappa shape index (κ1) is 20.0. The molecule has 0 aromatic heterocycles. The summed E-state index contributed by atoms with van der Waals surface area (Å²) in [6, 6.07) is 35.5. The minimum Gasteiger partial charge on any atom is -0.456 e. The summed E-state index contributed by atoms with van der Waals surface area (Å²) in [6.45, 7) is 4.24. The van der Waals surface area contributed by atoms with Gasteiger partial charge in [0, 0.05) is 28.8 Å². The van der Waals surface area contributed by atoms with Crippen LogP contribution < -0.4 is 4.74 Å². The van der Waals surface area contributed by atoms with Crippen LogP contribution >= 0.6 is 0 Å². The van der Waals surface area contributed by atoms with Gasteiger partial charge in [-0.15, -0.1) is 0 Å². The fourth-order valence-electron chi connectivity index (χ4n) is 4.18. The third kappa shape index (κ3) is 3.88. The van der Waals surface area contributed by atoms with Gasteiger partial charge in [-0.3, -0.25) is 4.99 Å². The first-order valence-corrected chi connectivity index (χ1v) is 10.9. The quantitative estimate of drug-likeness (QED) is 0.314. The van der Waals surface area contributed by atoms with Crippen LogP contribution in [-0.4, -0.2) is 6.21 Å². The topological polar surface area (TPSA) is 21.6 Å². The maximum Gasteiger partial charge on any atom is 0.140 e. The molecule has 2 heteroatoms. The van der Waals surface area contributed by atoms with Crippen LogP contribution in [0.3, 0.4) is 0 Å².